The van der Waals surface area contributed by atoms with Crippen LogP contribution >= 0.6 is 0 Å². The zero-order chi connectivity index (χ0) is 25.9. The first-order chi connectivity index (χ1) is 17.4. The Morgan fingerprint density at radius 1 is 0.639 bits per heavy atom. The van der Waals surface area contributed by atoms with E-state index in [-0.39, 0.29) is 26.2 Å². The quantitative estimate of drug-likeness (QED) is 0.340. The van der Waals surface area contributed by atoms with Crippen LogP contribution in [-0.2, 0) is 22.7 Å². The number of alkyl halides is 2. The highest BCUT2D eigenvalue weighted by molar-refractivity contribution is 5.69. The molecule has 3 rings (SSSR count). The Kier molecular flexibility index (Phi) is 9.83. The monoisotopic (exact) mass is 500 g/mol. The molecule has 0 aliphatic rings. The van der Waals surface area contributed by atoms with E-state index in [2.05, 4.69) is 20.4 Å². The molecule has 10 nitrogen and oxygen atoms in total. The maximum atomic E-state index is 12.7. The van der Waals surface area contributed by atoms with Gasteiger partial charge < -0.3 is 10.2 Å². The fourth-order valence-corrected chi connectivity index (χ4v) is 3.54. The summed E-state index contributed by atoms with van der Waals surface area (Å²) < 4.78 is 25.4. The van der Waals surface area contributed by atoms with Crippen molar-refractivity contribution in [3.8, 4) is 22.8 Å². The molecule has 0 amide bonds. The molecule has 0 spiro atoms. The maximum Gasteiger partial charge on any atom is 0.317 e. The molecule has 0 unspecified atom stereocenters. The van der Waals surface area contributed by atoms with E-state index >= 15 is 0 Å². The predicted molar refractivity (Wildman–Crippen MR) is 126 cm³/mol. The van der Waals surface area contributed by atoms with E-state index in [1.54, 1.807) is 48.5 Å². The van der Waals surface area contributed by atoms with Crippen LogP contribution in [0.15, 0.2) is 48.5 Å². The van der Waals surface area contributed by atoms with Crippen molar-refractivity contribution in [1.29, 1.82) is 0 Å². The third kappa shape index (κ3) is 8.10. The molecule has 1 aromatic heterocycles. The van der Waals surface area contributed by atoms with E-state index < -0.39 is 25.3 Å². The Balaban J connectivity index is 1.64. The Morgan fingerprint density at radius 2 is 0.972 bits per heavy atom. The van der Waals surface area contributed by atoms with Gasteiger partial charge in [0.1, 0.15) is 13.3 Å². The highest BCUT2D eigenvalue weighted by Gasteiger charge is 2.13. The van der Waals surface area contributed by atoms with Crippen LogP contribution < -0.4 is 0 Å². The first-order valence-electron chi connectivity index (χ1n) is 11.1. The minimum Gasteiger partial charge on any atom is -0.480 e. The summed E-state index contributed by atoms with van der Waals surface area (Å²) >= 11 is 0. The van der Waals surface area contributed by atoms with Crippen LogP contribution in [0.2, 0.25) is 0 Å². The molecule has 1 heterocycles. The maximum absolute atomic E-state index is 12.7. The molecule has 2 N–H and O–H groups in total. The summed E-state index contributed by atoms with van der Waals surface area (Å²) in [5.74, 6) is -1.41. The lowest BCUT2D eigenvalue weighted by atomic mass is 10.1. The van der Waals surface area contributed by atoms with E-state index in [4.69, 9.17) is 10.2 Å². The molecular weight excluding hydrogens is 474 g/mol. The smallest absolute Gasteiger partial charge is 0.317 e. The number of aliphatic carboxylic acids is 2. The van der Waals surface area contributed by atoms with E-state index in [9.17, 15) is 18.4 Å². The summed E-state index contributed by atoms with van der Waals surface area (Å²) in [5.41, 5.74) is 2.98. The fourth-order valence-electron chi connectivity index (χ4n) is 3.54. The summed E-state index contributed by atoms with van der Waals surface area (Å²) in [6, 6.07) is 14.2. The van der Waals surface area contributed by atoms with Crippen LogP contribution in [0, 0.1) is 0 Å². The van der Waals surface area contributed by atoms with Crippen LogP contribution in [-0.4, -0.2) is 91.9 Å². The molecule has 0 saturated carbocycles. The van der Waals surface area contributed by atoms with Crippen molar-refractivity contribution < 1.29 is 28.6 Å². The third-order valence-electron chi connectivity index (χ3n) is 5.23. The highest BCUT2D eigenvalue weighted by Crippen LogP contribution is 2.19. The number of aromatic nitrogens is 4. The molecule has 0 fully saturated rings. The predicted octanol–water partition coefficient (Wildman–Crippen LogP) is 2.31. The second-order valence-electron chi connectivity index (χ2n) is 8.03. The van der Waals surface area contributed by atoms with Crippen molar-refractivity contribution in [2.75, 3.05) is 39.5 Å². The topological polar surface area (TPSA) is 133 Å². The summed E-state index contributed by atoms with van der Waals surface area (Å²) in [6.07, 6.45) is 0. The van der Waals surface area contributed by atoms with Crippen LogP contribution in [0.3, 0.4) is 0 Å². The molecular formula is C24H26F2N6O4. The van der Waals surface area contributed by atoms with Gasteiger partial charge in [-0.2, -0.15) is 0 Å². The number of rotatable bonds is 14. The molecule has 0 aliphatic heterocycles. The molecule has 2 aromatic carbocycles. The van der Waals surface area contributed by atoms with E-state index in [1.165, 1.54) is 9.80 Å². The second-order valence-corrected chi connectivity index (χ2v) is 8.03. The summed E-state index contributed by atoms with van der Waals surface area (Å²) in [5, 5.41) is 34.5. The molecule has 36 heavy (non-hydrogen) atoms. The van der Waals surface area contributed by atoms with Gasteiger partial charge in [-0.25, -0.2) is 8.78 Å². The van der Waals surface area contributed by atoms with Gasteiger partial charge in [0.2, 0.25) is 11.6 Å². The molecule has 0 bridgehead atoms. The minimum absolute atomic E-state index is 0.0334. The fraction of sp³-hybridized carbons (Fsp3) is 0.333. The van der Waals surface area contributed by atoms with E-state index in [1.807, 2.05) is 0 Å². The summed E-state index contributed by atoms with van der Waals surface area (Å²) in [6.45, 7) is -1.10. The largest absolute Gasteiger partial charge is 0.480 e. The number of hydrogen-bond donors (Lipinski definition) is 2. The first kappa shape index (κ1) is 26.7. The van der Waals surface area contributed by atoms with Crippen molar-refractivity contribution in [2.24, 2.45) is 0 Å². The average Bonchev–Trinajstić information content (AvgIpc) is 2.85. The molecule has 3 aromatic rings. The third-order valence-corrected chi connectivity index (χ3v) is 5.23. The van der Waals surface area contributed by atoms with Crippen molar-refractivity contribution in [3.05, 3.63) is 59.7 Å². The second kappa shape index (κ2) is 13.3. The number of benzene rings is 2. The Labute approximate surface area is 206 Å². The minimum atomic E-state index is -1.02. The van der Waals surface area contributed by atoms with Crippen molar-refractivity contribution in [2.45, 2.75) is 13.1 Å². The zero-order valence-corrected chi connectivity index (χ0v) is 19.4. The summed E-state index contributed by atoms with van der Waals surface area (Å²) in [4.78, 5) is 24.9. The van der Waals surface area contributed by atoms with Crippen LogP contribution in [0.5, 0.6) is 0 Å². The first-order valence-corrected chi connectivity index (χ1v) is 11.1. The molecule has 12 heteroatoms. The molecule has 0 saturated heterocycles. The normalized spacial score (nSPS) is 11.2. The molecule has 190 valence electrons. The van der Waals surface area contributed by atoms with Crippen molar-refractivity contribution in [3.63, 3.8) is 0 Å². The van der Waals surface area contributed by atoms with E-state index in [0.29, 0.717) is 35.9 Å². The van der Waals surface area contributed by atoms with Crippen molar-refractivity contribution >= 4 is 11.9 Å². The number of nitrogens with zero attached hydrogens (tertiary/aromatic N) is 6. The lowest BCUT2D eigenvalue weighted by Crippen LogP contribution is -2.31. The number of halogens is 2. The van der Waals surface area contributed by atoms with E-state index in [0.717, 1.165) is 11.1 Å². The van der Waals surface area contributed by atoms with Gasteiger partial charge in [-0.3, -0.25) is 19.4 Å². The van der Waals surface area contributed by atoms with Crippen molar-refractivity contribution in [1.82, 2.24) is 30.2 Å². The number of carbonyl (C=O) groups is 2. The highest BCUT2D eigenvalue weighted by atomic mass is 19.1. The molecule has 0 radical (unpaired) electrons. The number of hydrogen-bond acceptors (Lipinski definition) is 8. The lowest BCUT2D eigenvalue weighted by molar-refractivity contribution is -0.139. The van der Waals surface area contributed by atoms with Crippen LogP contribution in [0.4, 0.5) is 8.78 Å². The van der Waals surface area contributed by atoms with Gasteiger partial charge in [0, 0.05) is 37.3 Å². The van der Waals surface area contributed by atoms with Gasteiger partial charge in [0.15, 0.2) is 0 Å². The van der Waals surface area contributed by atoms with Gasteiger partial charge in [-0.1, -0.05) is 48.5 Å². The van der Waals surface area contributed by atoms with Gasteiger partial charge in [-0.15, -0.1) is 20.4 Å². The Morgan fingerprint density at radius 3 is 1.25 bits per heavy atom. The lowest BCUT2D eigenvalue weighted by Gasteiger charge is -2.18. The molecule has 0 atom stereocenters. The van der Waals surface area contributed by atoms with Gasteiger partial charge >= 0.3 is 11.9 Å². The number of carboxylic acids is 2. The zero-order valence-electron chi connectivity index (χ0n) is 19.4. The Hall–Kier alpha value is -3.90. The van der Waals surface area contributed by atoms with Gasteiger partial charge in [0.25, 0.3) is 0 Å². The summed E-state index contributed by atoms with van der Waals surface area (Å²) in [7, 11) is 0. The average molecular weight is 501 g/mol. The van der Waals surface area contributed by atoms with Gasteiger partial charge in [0.05, 0.1) is 13.1 Å². The van der Waals surface area contributed by atoms with Crippen LogP contribution in [0.25, 0.3) is 22.8 Å². The van der Waals surface area contributed by atoms with Gasteiger partial charge in [-0.05, 0) is 11.1 Å². The van der Waals surface area contributed by atoms with Crippen LogP contribution in [0.1, 0.15) is 11.1 Å². The SMILES string of the molecule is O=C(O)CN(CCF)Cc1ccc(-c2nnc(-c3ccc(CN(CCF)CC(=O)O)cc3)nn2)cc1. The number of carboxylic acid groups (broad SMARTS) is 2. The molecule has 0 aliphatic carbocycles. The standard InChI is InChI=1S/C24H26F2N6O4/c25-9-11-31(15-21(33)34)13-17-1-5-19(6-2-17)23-27-29-24(30-28-23)20-7-3-18(4-8-20)14-32(12-10-26)16-22(35)36/h1-8H,9-16H2,(H,33,34)(H,35,36). The Bertz CT molecular complexity index is 1040.